The maximum atomic E-state index is 13.7. The molecule has 0 spiro atoms. The van der Waals surface area contributed by atoms with Gasteiger partial charge in [-0.25, -0.2) is 9.18 Å². The lowest BCUT2D eigenvalue weighted by atomic mass is 10.2. The van der Waals surface area contributed by atoms with Crippen molar-refractivity contribution < 1.29 is 28.1 Å². The summed E-state index contributed by atoms with van der Waals surface area (Å²) in [4.78, 5) is 11.8. The van der Waals surface area contributed by atoms with E-state index in [9.17, 15) is 9.18 Å². The fourth-order valence-electron chi connectivity index (χ4n) is 2.24. The summed E-state index contributed by atoms with van der Waals surface area (Å²) in [7, 11) is 2.87. The summed E-state index contributed by atoms with van der Waals surface area (Å²) in [5, 5.41) is 0. The fraction of sp³-hybridized carbons (Fsp3) is 0.316. The van der Waals surface area contributed by atoms with Crippen molar-refractivity contribution in [2.75, 3.05) is 20.8 Å². The highest BCUT2D eigenvalue weighted by Crippen LogP contribution is 2.25. The van der Waals surface area contributed by atoms with Crippen molar-refractivity contribution in [1.82, 2.24) is 0 Å². The third-order valence-corrected chi connectivity index (χ3v) is 3.39. The molecule has 2 aromatic rings. The minimum absolute atomic E-state index is 0.0321. The summed E-state index contributed by atoms with van der Waals surface area (Å²) in [6.07, 6.45) is -0.211. The molecule has 0 aliphatic rings. The van der Waals surface area contributed by atoms with Crippen molar-refractivity contribution in [3.8, 4) is 11.5 Å². The highest BCUT2D eigenvalue weighted by atomic mass is 19.1. The van der Waals surface area contributed by atoms with Crippen LogP contribution in [0.4, 0.5) is 4.39 Å². The van der Waals surface area contributed by atoms with Crippen molar-refractivity contribution in [1.29, 1.82) is 0 Å². The van der Waals surface area contributed by atoms with Crippen LogP contribution in [-0.2, 0) is 16.1 Å². The number of carbonyl (C=O) groups is 1. The molecule has 0 amide bonds. The van der Waals surface area contributed by atoms with E-state index in [1.54, 1.807) is 37.4 Å². The second-order valence-electron chi connectivity index (χ2n) is 5.45. The van der Waals surface area contributed by atoms with Gasteiger partial charge in [0.2, 0.25) is 0 Å². The van der Waals surface area contributed by atoms with Gasteiger partial charge in [-0.15, -0.1) is 0 Å². The Balaban J connectivity index is 2.20. The zero-order chi connectivity index (χ0) is 18.2. The molecule has 0 radical (unpaired) electrons. The summed E-state index contributed by atoms with van der Waals surface area (Å²) >= 11 is 0. The van der Waals surface area contributed by atoms with Gasteiger partial charge in [0, 0.05) is 18.7 Å². The Bertz CT molecular complexity index is 717. The first-order chi connectivity index (χ1) is 12.0. The smallest absolute Gasteiger partial charge is 0.338 e. The second kappa shape index (κ2) is 9.03. The Kier molecular flexibility index (Phi) is 6.77. The van der Waals surface area contributed by atoms with Crippen LogP contribution in [0.25, 0.3) is 0 Å². The number of halogens is 1. The molecule has 25 heavy (non-hydrogen) atoms. The molecule has 1 atom stereocenters. The van der Waals surface area contributed by atoms with Gasteiger partial charge in [0.05, 0.1) is 19.3 Å². The van der Waals surface area contributed by atoms with Gasteiger partial charge in [-0.1, -0.05) is 18.2 Å². The third kappa shape index (κ3) is 5.46. The number of ether oxygens (including phenoxy) is 4. The number of hydrogen-bond donors (Lipinski definition) is 0. The molecule has 0 aliphatic carbocycles. The molecule has 2 rings (SSSR count). The molecule has 6 heteroatoms. The quantitative estimate of drug-likeness (QED) is 0.682. The van der Waals surface area contributed by atoms with Gasteiger partial charge in [-0.05, 0) is 25.1 Å². The maximum Gasteiger partial charge on any atom is 0.338 e. The van der Waals surface area contributed by atoms with Gasteiger partial charge in [-0.3, -0.25) is 0 Å². The topological polar surface area (TPSA) is 54.0 Å². The molecule has 0 aromatic heterocycles. The lowest BCUT2D eigenvalue weighted by Gasteiger charge is -2.16. The van der Waals surface area contributed by atoms with Gasteiger partial charge in [-0.2, -0.15) is 0 Å². The van der Waals surface area contributed by atoms with E-state index in [0.29, 0.717) is 23.7 Å². The fourth-order valence-corrected chi connectivity index (χ4v) is 2.24. The molecule has 5 nitrogen and oxygen atoms in total. The van der Waals surface area contributed by atoms with E-state index in [1.165, 1.54) is 19.2 Å². The van der Waals surface area contributed by atoms with Crippen LogP contribution in [0.2, 0.25) is 0 Å². The van der Waals surface area contributed by atoms with E-state index in [0.717, 1.165) is 0 Å². The number of carbonyl (C=O) groups excluding carboxylic acids is 1. The largest absolute Gasteiger partial charge is 0.489 e. The Morgan fingerprint density at radius 3 is 2.52 bits per heavy atom. The van der Waals surface area contributed by atoms with Crippen LogP contribution in [-0.4, -0.2) is 32.9 Å². The molecule has 0 heterocycles. The number of esters is 1. The van der Waals surface area contributed by atoms with Gasteiger partial charge in [0.1, 0.15) is 30.0 Å². The minimum Gasteiger partial charge on any atom is -0.489 e. The van der Waals surface area contributed by atoms with E-state index < -0.39 is 5.97 Å². The zero-order valence-corrected chi connectivity index (χ0v) is 14.5. The minimum atomic E-state index is -0.513. The second-order valence-corrected chi connectivity index (χ2v) is 5.45. The standard InChI is InChI=1S/C19H21FO5/c1-13(11-22-2)25-17-9-15(19(21)23-3)8-16(10-17)24-12-14-6-4-5-7-18(14)20/h4-10,13H,11-12H2,1-3H3/t13-/m0/s1. The van der Waals surface area contributed by atoms with Crippen molar-refractivity contribution in [2.45, 2.75) is 19.6 Å². The van der Waals surface area contributed by atoms with Crippen LogP contribution in [0.15, 0.2) is 42.5 Å². The van der Waals surface area contributed by atoms with Crippen molar-refractivity contribution in [3.05, 3.63) is 59.4 Å². The summed E-state index contributed by atoms with van der Waals surface area (Å²) in [5.74, 6) is -0.0425. The van der Waals surface area contributed by atoms with Crippen molar-refractivity contribution in [3.63, 3.8) is 0 Å². The van der Waals surface area contributed by atoms with E-state index >= 15 is 0 Å². The summed E-state index contributed by atoms with van der Waals surface area (Å²) in [6.45, 7) is 2.27. The molecular weight excluding hydrogens is 327 g/mol. The van der Waals surface area contributed by atoms with Gasteiger partial charge in [0.25, 0.3) is 0 Å². The monoisotopic (exact) mass is 348 g/mol. The summed E-state index contributed by atoms with van der Waals surface area (Å²) in [5.41, 5.74) is 0.703. The van der Waals surface area contributed by atoms with Crippen LogP contribution >= 0.6 is 0 Å². The molecule has 2 aromatic carbocycles. The third-order valence-electron chi connectivity index (χ3n) is 3.39. The van der Waals surface area contributed by atoms with Gasteiger partial charge >= 0.3 is 5.97 Å². The number of rotatable bonds is 8. The van der Waals surface area contributed by atoms with Crippen LogP contribution < -0.4 is 9.47 Å². The Morgan fingerprint density at radius 2 is 1.84 bits per heavy atom. The average Bonchev–Trinajstić information content (AvgIpc) is 2.60. The molecule has 0 aliphatic heterocycles. The van der Waals surface area contributed by atoms with E-state index in [1.807, 2.05) is 6.92 Å². The summed E-state index contributed by atoms with van der Waals surface area (Å²) < 4.78 is 34.8. The van der Waals surface area contributed by atoms with Crippen LogP contribution in [0, 0.1) is 5.82 Å². The predicted octanol–water partition coefficient (Wildman–Crippen LogP) is 3.61. The molecule has 0 N–H and O–H groups in total. The first-order valence-corrected chi connectivity index (χ1v) is 7.78. The first kappa shape index (κ1) is 18.7. The first-order valence-electron chi connectivity index (χ1n) is 7.78. The number of hydrogen-bond acceptors (Lipinski definition) is 5. The van der Waals surface area contributed by atoms with Crippen LogP contribution in [0.1, 0.15) is 22.8 Å². The molecule has 0 saturated carbocycles. The lowest BCUT2D eigenvalue weighted by Crippen LogP contribution is -2.18. The van der Waals surface area contributed by atoms with E-state index in [-0.39, 0.29) is 24.1 Å². The highest BCUT2D eigenvalue weighted by Gasteiger charge is 2.13. The SMILES string of the molecule is COC[C@H](C)Oc1cc(OCc2ccccc2F)cc(C(=O)OC)c1. The van der Waals surface area contributed by atoms with Crippen LogP contribution in [0.5, 0.6) is 11.5 Å². The highest BCUT2D eigenvalue weighted by molar-refractivity contribution is 5.90. The van der Waals surface area contributed by atoms with Crippen molar-refractivity contribution in [2.24, 2.45) is 0 Å². The molecule has 0 unspecified atom stereocenters. The molecule has 0 saturated heterocycles. The lowest BCUT2D eigenvalue weighted by molar-refractivity contribution is 0.0598. The van der Waals surface area contributed by atoms with E-state index in [2.05, 4.69) is 0 Å². The number of methoxy groups -OCH3 is 2. The van der Waals surface area contributed by atoms with E-state index in [4.69, 9.17) is 18.9 Å². The Labute approximate surface area is 146 Å². The molecular formula is C19H21FO5. The van der Waals surface area contributed by atoms with Crippen LogP contribution in [0.3, 0.4) is 0 Å². The normalized spacial score (nSPS) is 11.7. The average molecular weight is 348 g/mol. The Hall–Kier alpha value is -2.60. The Morgan fingerprint density at radius 1 is 1.12 bits per heavy atom. The molecule has 0 bridgehead atoms. The van der Waals surface area contributed by atoms with Crippen molar-refractivity contribution >= 4 is 5.97 Å². The molecule has 0 fully saturated rings. The summed E-state index contributed by atoms with van der Waals surface area (Å²) in [6, 6.07) is 11.1. The maximum absolute atomic E-state index is 13.7. The van der Waals surface area contributed by atoms with Gasteiger partial charge in [0.15, 0.2) is 0 Å². The predicted molar refractivity (Wildman–Crippen MR) is 90.5 cm³/mol. The zero-order valence-electron chi connectivity index (χ0n) is 14.5. The molecule has 134 valence electrons. The van der Waals surface area contributed by atoms with Gasteiger partial charge < -0.3 is 18.9 Å². The number of benzene rings is 2.